The number of anilines is 3. The average Bonchev–Trinajstić information content (AvgIpc) is 2.92. The number of rotatable bonds is 5. The number of carbonyl (C=O) groups is 1. The lowest BCUT2D eigenvalue weighted by Gasteiger charge is -2.21. The summed E-state index contributed by atoms with van der Waals surface area (Å²) in [6.45, 7) is 8.30. The number of carbonyl (C=O) groups excluding carboxylic acids is 1. The van der Waals surface area contributed by atoms with Crippen LogP contribution in [-0.4, -0.2) is 19.0 Å². The SMILES string of the molecule is CCN(CC)c1ccc(NC=C2C(=O)Nc3cccc(C)c32)cc1. The van der Waals surface area contributed by atoms with E-state index in [0.29, 0.717) is 5.57 Å². The largest absolute Gasteiger partial charge is 0.372 e. The first-order valence-corrected chi connectivity index (χ1v) is 8.37. The maximum Gasteiger partial charge on any atom is 0.257 e. The minimum Gasteiger partial charge on any atom is -0.372 e. The molecule has 0 aromatic heterocycles. The minimum absolute atomic E-state index is 0.0634. The Kier molecular flexibility index (Phi) is 4.56. The number of amides is 1. The Bertz CT molecular complexity index is 774. The van der Waals surface area contributed by atoms with Gasteiger partial charge in [-0.3, -0.25) is 4.79 Å². The second-order valence-electron chi connectivity index (χ2n) is 5.87. The molecule has 1 heterocycles. The van der Waals surface area contributed by atoms with Gasteiger partial charge in [0, 0.05) is 41.9 Å². The van der Waals surface area contributed by atoms with Crippen molar-refractivity contribution in [2.24, 2.45) is 0 Å². The van der Waals surface area contributed by atoms with Crippen molar-refractivity contribution in [3.8, 4) is 0 Å². The number of aryl methyl sites for hydroxylation is 1. The Morgan fingerprint density at radius 1 is 1.08 bits per heavy atom. The summed E-state index contributed by atoms with van der Waals surface area (Å²) in [7, 11) is 0. The molecule has 0 fully saturated rings. The van der Waals surface area contributed by atoms with Crippen LogP contribution < -0.4 is 15.5 Å². The molecule has 4 heteroatoms. The van der Waals surface area contributed by atoms with Gasteiger partial charge in [0.05, 0.1) is 5.57 Å². The molecule has 1 aliphatic rings. The summed E-state index contributed by atoms with van der Waals surface area (Å²) in [5, 5.41) is 6.16. The van der Waals surface area contributed by atoms with Crippen molar-refractivity contribution in [1.82, 2.24) is 0 Å². The highest BCUT2D eigenvalue weighted by Crippen LogP contribution is 2.34. The maximum atomic E-state index is 12.2. The molecule has 1 aliphatic heterocycles. The highest BCUT2D eigenvalue weighted by atomic mass is 16.2. The van der Waals surface area contributed by atoms with Crippen LogP contribution in [0.25, 0.3) is 5.57 Å². The van der Waals surface area contributed by atoms with Gasteiger partial charge < -0.3 is 15.5 Å². The first kappa shape index (κ1) is 16.1. The third kappa shape index (κ3) is 3.00. The summed E-state index contributed by atoms with van der Waals surface area (Å²) < 4.78 is 0. The average molecular weight is 321 g/mol. The standard InChI is InChI=1S/C20H23N3O/c1-4-23(5-2)16-11-9-15(10-12-16)21-13-17-19-14(3)7-6-8-18(19)22-20(17)24/h6-13,21H,4-5H2,1-3H3,(H,22,24). The maximum absolute atomic E-state index is 12.2. The lowest BCUT2D eigenvalue weighted by atomic mass is 10.0. The molecule has 0 radical (unpaired) electrons. The summed E-state index contributed by atoms with van der Waals surface area (Å²) in [5.41, 5.74) is 5.80. The van der Waals surface area contributed by atoms with Crippen LogP contribution in [0.2, 0.25) is 0 Å². The fourth-order valence-electron chi connectivity index (χ4n) is 3.08. The second kappa shape index (κ2) is 6.79. The second-order valence-corrected chi connectivity index (χ2v) is 5.87. The Balaban J connectivity index is 1.81. The number of fused-ring (bicyclic) bond motifs is 1. The van der Waals surface area contributed by atoms with Crippen molar-refractivity contribution in [1.29, 1.82) is 0 Å². The molecule has 2 aromatic rings. The number of nitrogens with zero attached hydrogens (tertiary/aromatic N) is 1. The zero-order chi connectivity index (χ0) is 17.1. The minimum atomic E-state index is -0.0634. The third-order valence-electron chi connectivity index (χ3n) is 4.41. The zero-order valence-electron chi connectivity index (χ0n) is 14.4. The molecule has 2 N–H and O–H groups in total. The van der Waals surface area contributed by atoms with Gasteiger partial charge in [-0.15, -0.1) is 0 Å². The van der Waals surface area contributed by atoms with Crippen molar-refractivity contribution >= 4 is 28.5 Å². The molecule has 0 saturated heterocycles. The topological polar surface area (TPSA) is 44.4 Å². The fraction of sp³-hybridized carbons (Fsp3) is 0.250. The molecule has 1 amide bonds. The van der Waals surface area contributed by atoms with Crippen LogP contribution in [0.1, 0.15) is 25.0 Å². The van der Waals surface area contributed by atoms with Crippen molar-refractivity contribution in [3.05, 3.63) is 59.8 Å². The lowest BCUT2D eigenvalue weighted by Crippen LogP contribution is -2.21. The van der Waals surface area contributed by atoms with E-state index in [2.05, 4.69) is 41.5 Å². The number of benzene rings is 2. The summed E-state index contributed by atoms with van der Waals surface area (Å²) in [5.74, 6) is -0.0634. The molecular formula is C20H23N3O. The Morgan fingerprint density at radius 2 is 1.79 bits per heavy atom. The molecule has 2 aromatic carbocycles. The van der Waals surface area contributed by atoms with E-state index < -0.39 is 0 Å². The molecule has 0 bridgehead atoms. The smallest absolute Gasteiger partial charge is 0.257 e. The molecule has 3 rings (SSSR count). The van der Waals surface area contributed by atoms with E-state index >= 15 is 0 Å². The van der Waals surface area contributed by atoms with Gasteiger partial charge in [-0.1, -0.05) is 12.1 Å². The van der Waals surface area contributed by atoms with Gasteiger partial charge in [0.2, 0.25) is 0 Å². The van der Waals surface area contributed by atoms with Crippen LogP contribution in [0, 0.1) is 6.92 Å². The van der Waals surface area contributed by atoms with Crippen molar-refractivity contribution < 1.29 is 4.79 Å². The molecule has 0 saturated carbocycles. The number of hydrogen-bond acceptors (Lipinski definition) is 3. The van der Waals surface area contributed by atoms with Gasteiger partial charge in [0.15, 0.2) is 0 Å². The first-order valence-electron chi connectivity index (χ1n) is 8.37. The van der Waals surface area contributed by atoms with E-state index in [4.69, 9.17) is 0 Å². The van der Waals surface area contributed by atoms with Crippen LogP contribution in [0.5, 0.6) is 0 Å². The van der Waals surface area contributed by atoms with E-state index in [1.54, 1.807) is 6.20 Å². The molecule has 4 nitrogen and oxygen atoms in total. The molecule has 0 aliphatic carbocycles. The van der Waals surface area contributed by atoms with Gasteiger partial charge in [-0.05, 0) is 56.7 Å². The van der Waals surface area contributed by atoms with Crippen LogP contribution in [0.4, 0.5) is 17.1 Å². The van der Waals surface area contributed by atoms with Gasteiger partial charge >= 0.3 is 0 Å². The van der Waals surface area contributed by atoms with E-state index in [1.807, 2.05) is 37.3 Å². The molecule has 124 valence electrons. The van der Waals surface area contributed by atoms with Crippen LogP contribution in [0.3, 0.4) is 0 Å². The molecule has 0 atom stereocenters. The Labute approximate surface area is 143 Å². The first-order chi connectivity index (χ1) is 11.6. The molecule has 0 spiro atoms. The van der Waals surface area contributed by atoms with Crippen molar-refractivity contribution in [2.45, 2.75) is 20.8 Å². The summed E-state index contributed by atoms with van der Waals surface area (Å²) in [4.78, 5) is 14.5. The highest BCUT2D eigenvalue weighted by molar-refractivity contribution is 6.32. The van der Waals surface area contributed by atoms with E-state index in [9.17, 15) is 4.79 Å². The predicted molar refractivity (Wildman–Crippen MR) is 101 cm³/mol. The summed E-state index contributed by atoms with van der Waals surface area (Å²) >= 11 is 0. The highest BCUT2D eigenvalue weighted by Gasteiger charge is 2.25. The monoisotopic (exact) mass is 321 g/mol. The van der Waals surface area contributed by atoms with Gasteiger partial charge in [0.25, 0.3) is 5.91 Å². The van der Waals surface area contributed by atoms with Gasteiger partial charge in [-0.2, -0.15) is 0 Å². The molecule has 0 unspecified atom stereocenters. The van der Waals surface area contributed by atoms with Crippen LogP contribution in [0.15, 0.2) is 48.7 Å². The summed E-state index contributed by atoms with van der Waals surface area (Å²) in [6.07, 6.45) is 1.79. The number of hydrogen-bond donors (Lipinski definition) is 2. The van der Waals surface area contributed by atoms with Crippen molar-refractivity contribution in [3.63, 3.8) is 0 Å². The van der Waals surface area contributed by atoms with Crippen molar-refractivity contribution in [2.75, 3.05) is 28.6 Å². The van der Waals surface area contributed by atoms with Gasteiger partial charge in [-0.25, -0.2) is 0 Å². The summed E-state index contributed by atoms with van der Waals surface area (Å²) in [6, 6.07) is 14.2. The van der Waals surface area contributed by atoms with E-state index in [-0.39, 0.29) is 5.91 Å². The zero-order valence-corrected chi connectivity index (χ0v) is 14.4. The number of nitrogens with one attached hydrogen (secondary N) is 2. The fourth-order valence-corrected chi connectivity index (χ4v) is 3.08. The van der Waals surface area contributed by atoms with E-state index in [1.165, 1.54) is 5.69 Å². The molecule has 24 heavy (non-hydrogen) atoms. The third-order valence-corrected chi connectivity index (χ3v) is 4.41. The Morgan fingerprint density at radius 3 is 2.46 bits per heavy atom. The van der Waals surface area contributed by atoms with Gasteiger partial charge in [0.1, 0.15) is 0 Å². The molecular weight excluding hydrogens is 298 g/mol. The quantitative estimate of drug-likeness (QED) is 0.809. The lowest BCUT2D eigenvalue weighted by molar-refractivity contribution is -0.110. The normalized spacial score (nSPS) is 14.5. The van der Waals surface area contributed by atoms with E-state index in [0.717, 1.165) is 35.6 Å². The van der Waals surface area contributed by atoms with Crippen LogP contribution in [-0.2, 0) is 4.79 Å². The van der Waals surface area contributed by atoms with Crippen LogP contribution >= 0.6 is 0 Å². The predicted octanol–water partition coefficient (Wildman–Crippen LogP) is 4.25. The Hall–Kier alpha value is -2.75.